The third-order valence-corrected chi connectivity index (χ3v) is 3.58. The number of aromatic nitrogens is 1. The van der Waals surface area contributed by atoms with Gasteiger partial charge in [0.2, 0.25) is 0 Å². The van der Waals surface area contributed by atoms with Crippen LogP contribution < -0.4 is 5.32 Å². The van der Waals surface area contributed by atoms with E-state index in [0.717, 1.165) is 6.54 Å². The number of nitrogens with one attached hydrogen (secondary N) is 1. The normalized spacial score (nSPS) is 11.5. The minimum Gasteiger partial charge on any atom is -0.462 e. The molecule has 4 heteroatoms. The predicted molar refractivity (Wildman–Crippen MR) is 77.3 cm³/mol. The minimum atomic E-state index is -0.333. The van der Waals surface area contributed by atoms with E-state index in [1.807, 2.05) is 0 Å². The summed E-state index contributed by atoms with van der Waals surface area (Å²) in [5, 5.41) is 3.26. The summed E-state index contributed by atoms with van der Waals surface area (Å²) in [6.45, 7) is 11.7. The molecule has 1 N–H and O–H groups in total. The van der Waals surface area contributed by atoms with Gasteiger partial charge in [-0.05, 0) is 30.4 Å². The van der Waals surface area contributed by atoms with Crippen molar-refractivity contribution in [1.29, 1.82) is 0 Å². The van der Waals surface area contributed by atoms with Crippen LogP contribution in [0.3, 0.4) is 0 Å². The summed E-state index contributed by atoms with van der Waals surface area (Å²) in [5.41, 5.74) is 0.618. The Balaban J connectivity index is 2.82. The van der Waals surface area contributed by atoms with Gasteiger partial charge in [0.15, 0.2) is 0 Å². The van der Waals surface area contributed by atoms with E-state index < -0.39 is 0 Å². The highest BCUT2D eigenvalue weighted by Gasteiger charge is 2.23. The van der Waals surface area contributed by atoms with Crippen LogP contribution in [0, 0.1) is 11.3 Å². The summed E-state index contributed by atoms with van der Waals surface area (Å²) in [4.78, 5) is 16.1. The van der Waals surface area contributed by atoms with Crippen LogP contribution in [0.4, 0.5) is 5.82 Å². The fraction of sp³-hybridized carbons (Fsp3) is 0.600. The number of rotatable bonds is 6. The molecule has 0 atom stereocenters. The van der Waals surface area contributed by atoms with Crippen LogP contribution in [-0.2, 0) is 4.74 Å². The third-order valence-electron chi connectivity index (χ3n) is 3.58. The Morgan fingerprint density at radius 1 is 1.47 bits per heavy atom. The Bertz CT molecular complexity index is 428. The molecule has 0 unspecified atom stereocenters. The Morgan fingerprint density at radius 3 is 2.74 bits per heavy atom. The largest absolute Gasteiger partial charge is 0.462 e. The van der Waals surface area contributed by atoms with E-state index in [2.05, 4.69) is 38.0 Å². The minimum absolute atomic E-state index is 0.128. The van der Waals surface area contributed by atoms with Crippen molar-refractivity contribution in [2.24, 2.45) is 11.3 Å². The Kier molecular flexibility index (Phi) is 5.33. The summed E-state index contributed by atoms with van der Waals surface area (Å²) in [6.07, 6.45) is 1.67. The van der Waals surface area contributed by atoms with Gasteiger partial charge in [0, 0.05) is 12.7 Å². The van der Waals surface area contributed by atoms with Gasteiger partial charge in [0.1, 0.15) is 11.4 Å². The number of anilines is 1. The molecule has 4 nitrogen and oxygen atoms in total. The number of carbonyl (C=O) groups excluding carboxylic acids is 1. The van der Waals surface area contributed by atoms with E-state index in [4.69, 9.17) is 4.74 Å². The highest BCUT2D eigenvalue weighted by molar-refractivity contribution is 5.94. The SMILES string of the molecule is CCOC(=O)c1cccnc1NCC(C)(C)C(C)C. The van der Waals surface area contributed by atoms with Crippen LogP contribution in [0.1, 0.15) is 45.0 Å². The lowest BCUT2D eigenvalue weighted by molar-refractivity contribution is 0.0527. The fourth-order valence-electron chi connectivity index (χ4n) is 1.44. The number of esters is 1. The Morgan fingerprint density at radius 2 is 2.16 bits per heavy atom. The van der Waals surface area contributed by atoms with E-state index in [0.29, 0.717) is 23.9 Å². The second kappa shape index (κ2) is 6.55. The summed E-state index contributed by atoms with van der Waals surface area (Å²) < 4.78 is 5.03. The summed E-state index contributed by atoms with van der Waals surface area (Å²) >= 11 is 0. The average molecular weight is 264 g/mol. The summed E-state index contributed by atoms with van der Waals surface area (Å²) in [6, 6.07) is 3.47. The molecule has 0 saturated carbocycles. The number of pyridine rings is 1. The van der Waals surface area contributed by atoms with E-state index in [1.54, 1.807) is 25.3 Å². The third kappa shape index (κ3) is 4.23. The lowest BCUT2D eigenvalue weighted by Crippen LogP contribution is -2.29. The van der Waals surface area contributed by atoms with Crippen LogP contribution in [0.25, 0.3) is 0 Å². The maximum Gasteiger partial charge on any atom is 0.341 e. The molecule has 0 fully saturated rings. The van der Waals surface area contributed by atoms with Gasteiger partial charge < -0.3 is 10.1 Å². The van der Waals surface area contributed by atoms with Gasteiger partial charge >= 0.3 is 5.97 Å². The van der Waals surface area contributed by atoms with Gasteiger partial charge in [0.05, 0.1) is 6.61 Å². The molecule has 0 aromatic carbocycles. The van der Waals surface area contributed by atoms with E-state index in [1.165, 1.54) is 0 Å². The molecule has 0 radical (unpaired) electrons. The van der Waals surface area contributed by atoms with E-state index in [-0.39, 0.29) is 11.4 Å². The first-order chi connectivity index (χ1) is 8.88. The van der Waals surface area contributed by atoms with E-state index in [9.17, 15) is 4.79 Å². The van der Waals surface area contributed by atoms with Gasteiger partial charge in [-0.25, -0.2) is 9.78 Å². The molecule has 19 heavy (non-hydrogen) atoms. The fourth-order valence-corrected chi connectivity index (χ4v) is 1.44. The molecule has 0 amide bonds. The topological polar surface area (TPSA) is 51.2 Å². The van der Waals surface area contributed by atoms with Crippen LogP contribution in [0.2, 0.25) is 0 Å². The van der Waals surface area contributed by atoms with Crippen molar-refractivity contribution >= 4 is 11.8 Å². The van der Waals surface area contributed by atoms with Crippen LogP contribution in [-0.4, -0.2) is 24.1 Å². The summed E-state index contributed by atoms with van der Waals surface area (Å²) in [7, 11) is 0. The van der Waals surface area contributed by atoms with Gasteiger partial charge in [-0.1, -0.05) is 27.7 Å². The molecule has 0 saturated heterocycles. The quantitative estimate of drug-likeness (QED) is 0.800. The van der Waals surface area contributed by atoms with E-state index >= 15 is 0 Å². The van der Waals surface area contributed by atoms with Crippen molar-refractivity contribution in [3.63, 3.8) is 0 Å². The maximum absolute atomic E-state index is 11.8. The Hall–Kier alpha value is -1.58. The van der Waals surface area contributed by atoms with Crippen molar-refractivity contribution in [2.45, 2.75) is 34.6 Å². The second-order valence-corrected chi connectivity index (χ2v) is 5.62. The molecule has 1 heterocycles. The number of nitrogens with zero attached hydrogens (tertiary/aromatic N) is 1. The Labute approximate surface area is 115 Å². The lowest BCUT2D eigenvalue weighted by Gasteiger charge is -2.29. The first-order valence-electron chi connectivity index (χ1n) is 6.74. The van der Waals surface area contributed by atoms with Gasteiger partial charge in [-0.15, -0.1) is 0 Å². The standard InChI is InChI=1S/C15H24N2O2/c1-6-19-14(18)12-8-7-9-16-13(12)17-10-15(4,5)11(2)3/h7-9,11H,6,10H2,1-5H3,(H,16,17). The zero-order chi connectivity index (χ0) is 14.5. The molecule has 1 aromatic rings. The van der Waals surface area contributed by atoms with Gasteiger partial charge in [-0.3, -0.25) is 0 Å². The molecule has 1 aromatic heterocycles. The molecule has 0 bridgehead atoms. The molecule has 106 valence electrons. The molecule has 0 aliphatic rings. The highest BCUT2D eigenvalue weighted by atomic mass is 16.5. The van der Waals surface area contributed by atoms with Crippen molar-refractivity contribution < 1.29 is 9.53 Å². The van der Waals surface area contributed by atoms with Gasteiger partial charge in [0.25, 0.3) is 0 Å². The molecular formula is C15H24N2O2. The first-order valence-corrected chi connectivity index (χ1v) is 6.74. The molecule has 1 rings (SSSR count). The highest BCUT2D eigenvalue weighted by Crippen LogP contribution is 2.26. The van der Waals surface area contributed by atoms with Crippen LogP contribution in [0.15, 0.2) is 18.3 Å². The predicted octanol–water partition coefficient (Wildman–Crippen LogP) is 3.35. The van der Waals surface area contributed by atoms with Crippen LogP contribution >= 0.6 is 0 Å². The van der Waals surface area contributed by atoms with Crippen molar-refractivity contribution in [2.75, 3.05) is 18.5 Å². The smallest absolute Gasteiger partial charge is 0.341 e. The monoisotopic (exact) mass is 264 g/mol. The van der Waals surface area contributed by atoms with Crippen molar-refractivity contribution in [1.82, 2.24) is 4.98 Å². The molecule has 0 spiro atoms. The summed E-state index contributed by atoms with van der Waals surface area (Å²) in [5.74, 6) is 0.796. The average Bonchev–Trinajstić information content (AvgIpc) is 2.37. The zero-order valence-corrected chi connectivity index (χ0v) is 12.5. The molecule has 0 aliphatic heterocycles. The number of ether oxygens (including phenoxy) is 1. The van der Waals surface area contributed by atoms with Crippen molar-refractivity contribution in [3.05, 3.63) is 23.9 Å². The number of hydrogen-bond acceptors (Lipinski definition) is 4. The first kappa shape index (κ1) is 15.5. The van der Waals surface area contributed by atoms with Gasteiger partial charge in [-0.2, -0.15) is 0 Å². The molecule has 0 aliphatic carbocycles. The second-order valence-electron chi connectivity index (χ2n) is 5.62. The van der Waals surface area contributed by atoms with Crippen LogP contribution in [0.5, 0.6) is 0 Å². The maximum atomic E-state index is 11.8. The number of hydrogen-bond donors (Lipinski definition) is 1. The number of carbonyl (C=O) groups is 1. The lowest BCUT2D eigenvalue weighted by atomic mass is 9.81. The van der Waals surface area contributed by atoms with Crippen molar-refractivity contribution in [3.8, 4) is 0 Å². The zero-order valence-electron chi connectivity index (χ0n) is 12.5. The molecular weight excluding hydrogens is 240 g/mol.